The van der Waals surface area contributed by atoms with Crippen LogP contribution in [-0.2, 0) is 6.54 Å². The Morgan fingerprint density at radius 2 is 1.87 bits per heavy atom. The molecule has 1 rings (SSSR count). The normalized spacial score (nSPS) is 10.2. The third-order valence-corrected chi connectivity index (χ3v) is 4.88. The maximum Gasteiger partial charge on any atom is 0.288 e. The molecule has 0 saturated carbocycles. The van der Waals surface area contributed by atoms with Crippen molar-refractivity contribution >= 4 is 33.5 Å². The first-order chi connectivity index (χ1) is 11.1. The molecular formula is C18H26N2OS2. The van der Waals surface area contributed by atoms with Crippen molar-refractivity contribution in [1.82, 2.24) is 9.80 Å². The van der Waals surface area contributed by atoms with Crippen LogP contribution in [0.3, 0.4) is 0 Å². The number of carbonyl (C=O) groups excluding carboxylic acids is 1. The molecular weight excluding hydrogens is 324 g/mol. The third kappa shape index (κ3) is 7.18. The molecule has 1 aromatic rings. The number of amides is 1. The molecule has 0 atom stereocenters. The van der Waals surface area contributed by atoms with Crippen molar-refractivity contribution in [2.24, 2.45) is 0 Å². The zero-order chi connectivity index (χ0) is 17.1. The van der Waals surface area contributed by atoms with Crippen LogP contribution in [0.4, 0.5) is 4.79 Å². The average Bonchev–Trinajstić information content (AvgIpc) is 2.56. The highest BCUT2D eigenvalue weighted by Crippen LogP contribution is 2.18. The van der Waals surface area contributed by atoms with E-state index in [0.717, 1.165) is 43.3 Å². The van der Waals surface area contributed by atoms with E-state index in [4.69, 9.17) is 12.2 Å². The second kappa shape index (κ2) is 11.2. The Labute approximate surface area is 149 Å². The van der Waals surface area contributed by atoms with Gasteiger partial charge in [-0.05, 0) is 32.3 Å². The molecule has 23 heavy (non-hydrogen) atoms. The number of hydrogen-bond donors (Lipinski definition) is 0. The molecule has 5 heteroatoms. The molecule has 0 aliphatic carbocycles. The van der Waals surface area contributed by atoms with E-state index < -0.39 is 0 Å². The van der Waals surface area contributed by atoms with Crippen molar-refractivity contribution in [2.45, 2.75) is 33.2 Å². The number of thiocarbonyl (C=S) groups is 1. The standard InChI is InChI=1S/C18H26N2OS2/c1-4-7-11-14-20(15-16-12-9-8-10-13-16)17(21)23-18(22)19(5-2)6-3/h4,8-10,12-13H,1,5-7,11,14-15H2,2-3H3. The summed E-state index contributed by atoms with van der Waals surface area (Å²) in [6.45, 7) is 10.8. The van der Waals surface area contributed by atoms with E-state index in [-0.39, 0.29) is 5.24 Å². The minimum atomic E-state index is 0.0230. The second-order valence-corrected chi connectivity index (χ2v) is 6.73. The quantitative estimate of drug-likeness (QED) is 0.377. The highest BCUT2D eigenvalue weighted by atomic mass is 32.2. The van der Waals surface area contributed by atoms with Gasteiger partial charge in [-0.1, -0.05) is 48.6 Å². The molecule has 1 amide bonds. The topological polar surface area (TPSA) is 23.6 Å². The van der Waals surface area contributed by atoms with Gasteiger partial charge in [-0.2, -0.15) is 0 Å². The highest BCUT2D eigenvalue weighted by Gasteiger charge is 2.18. The van der Waals surface area contributed by atoms with E-state index in [1.807, 2.05) is 60.1 Å². The molecule has 0 aromatic heterocycles. The van der Waals surface area contributed by atoms with Crippen LogP contribution in [0, 0.1) is 0 Å². The summed E-state index contributed by atoms with van der Waals surface area (Å²) < 4.78 is 0.654. The lowest BCUT2D eigenvalue weighted by molar-refractivity contribution is 0.220. The predicted molar refractivity (Wildman–Crippen MR) is 105 cm³/mol. The molecule has 0 spiro atoms. The molecule has 0 aliphatic rings. The minimum absolute atomic E-state index is 0.0230. The molecule has 126 valence electrons. The van der Waals surface area contributed by atoms with Gasteiger partial charge in [-0.3, -0.25) is 4.79 Å². The molecule has 0 saturated heterocycles. The van der Waals surface area contributed by atoms with E-state index in [0.29, 0.717) is 17.4 Å². The number of rotatable bonds is 8. The predicted octanol–water partition coefficient (Wildman–Crippen LogP) is 4.93. The molecule has 0 radical (unpaired) electrons. The SMILES string of the molecule is C=CCCCN(Cc1ccccc1)C(=O)SC(=S)N(CC)CC. The van der Waals surface area contributed by atoms with E-state index in [1.54, 1.807) is 0 Å². The molecule has 0 heterocycles. The van der Waals surface area contributed by atoms with Crippen LogP contribution in [-0.4, -0.2) is 39.0 Å². The Bertz CT molecular complexity index is 501. The summed E-state index contributed by atoms with van der Waals surface area (Å²) in [6.07, 6.45) is 3.71. The summed E-state index contributed by atoms with van der Waals surface area (Å²) in [4.78, 5) is 16.5. The lowest BCUT2D eigenvalue weighted by Gasteiger charge is -2.25. The molecule has 0 fully saturated rings. The van der Waals surface area contributed by atoms with Crippen molar-refractivity contribution < 1.29 is 4.79 Å². The summed E-state index contributed by atoms with van der Waals surface area (Å²) in [7, 11) is 0. The first-order valence-corrected chi connectivity index (χ1v) is 9.25. The maximum atomic E-state index is 12.6. The van der Waals surface area contributed by atoms with Gasteiger partial charge in [0.2, 0.25) is 0 Å². The van der Waals surface area contributed by atoms with E-state index in [2.05, 4.69) is 6.58 Å². The van der Waals surface area contributed by atoms with Gasteiger partial charge in [0.1, 0.15) is 4.32 Å². The summed E-state index contributed by atoms with van der Waals surface area (Å²) in [5.74, 6) is 0. The largest absolute Gasteiger partial charge is 0.358 e. The number of thioether (sulfide) groups is 1. The lowest BCUT2D eigenvalue weighted by Crippen LogP contribution is -2.33. The Morgan fingerprint density at radius 1 is 1.22 bits per heavy atom. The van der Waals surface area contributed by atoms with Crippen LogP contribution in [0.15, 0.2) is 43.0 Å². The van der Waals surface area contributed by atoms with Crippen LogP contribution in [0.1, 0.15) is 32.3 Å². The van der Waals surface area contributed by atoms with Crippen molar-refractivity contribution in [3.63, 3.8) is 0 Å². The van der Waals surface area contributed by atoms with Gasteiger partial charge in [0.25, 0.3) is 5.24 Å². The summed E-state index contributed by atoms with van der Waals surface area (Å²) >= 11 is 6.56. The van der Waals surface area contributed by atoms with Crippen molar-refractivity contribution in [3.05, 3.63) is 48.6 Å². The van der Waals surface area contributed by atoms with Gasteiger partial charge in [-0.15, -0.1) is 6.58 Å². The third-order valence-electron chi connectivity index (χ3n) is 3.51. The molecule has 0 unspecified atom stereocenters. The van der Waals surface area contributed by atoms with Crippen LogP contribution in [0.2, 0.25) is 0 Å². The van der Waals surface area contributed by atoms with E-state index in [1.165, 1.54) is 0 Å². The molecule has 0 aliphatic heterocycles. The molecule has 1 aromatic carbocycles. The summed E-state index contributed by atoms with van der Waals surface area (Å²) in [6, 6.07) is 10.1. The second-order valence-electron chi connectivity index (χ2n) is 5.14. The van der Waals surface area contributed by atoms with Crippen molar-refractivity contribution in [2.75, 3.05) is 19.6 Å². The average molecular weight is 351 g/mol. The van der Waals surface area contributed by atoms with Crippen LogP contribution >= 0.6 is 24.0 Å². The Kier molecular flexibility index (Phi) is 9.64. The first-order valence-electron chi connectivity index (χ1n) is 8.02. The molecule has 0 N–H and O–H groups in total. The van der Waals surface area contributed by atoms with Crippen molar-refractivity contribution in [1.29, 1.82) is 0 Å². The molecule has 3 nitrogen and oxygen atoms in total. The highest BCUT2D eigenvalue weighted by molar-refractivity contribution is 8.32. The molecule has 0 bridgehead atoms. The fraction of sp³-hybridized carbons (Fsp3) is 0.444. The van der Waals surface area contributed by atoms with Crippen LogP contribution < -0.4 is 0 Å². The van der Waals surface area contributed by atoms with E-state index in [9.17, 15) is 4.79 Å². The van der Waals surface area contributed by atoms with Crippen molar-refractivity contribution in [3.8, 4) is 0 Å². The Balaban J connectivity index is 2.71. The Morgan fingerprint density at radius 3 is 2.43 bits per heavy atom. The van der Waals surface area contributed by atoms with Crippen LogP contribution in [0.5, 0.6) is 0 Å². The number of hydrogen-bond acceptors (Lipinski definition) is 3. The zero-order valence-corrected chi connectivity index (χ0v) is 15.7. The number of allylic oxidation sites excluding steroid dienone is 1. The number of benzene rings is 1. The fourth-order valence-electron chi connectivity index (χ4n) is 2.15. The zero-order valence-electron chi connectivity index (χ0n) is 14.0. The van der Waals surface area contributed by atoms with Gasteiger partial charge in [0.15, 0.2) is 0 Å². The monoisotopic (exact) mass is 350 g/mol. The maximum absolute atomic E-state index is 12.6. The minimum Gasteiger partial charge on any atom is -0.358 e. The first kappa shape index (κ1) is 19.7. The van der Waals surface area contributed by atoms with Gasteiger partial charge in [0.05, 0.1) is 0 Å². The Hall–Kier alpha value is -1.33. The number of carbonyl (C=O) groups is 1. The summed E-state index contributed by atoms with van der Waals surface area (Å²) in [5.41, 5.74) is 1.13. The van der Waals surface area contributed by atoms with Gasteiger partial charge in [-0.25, -0.2) is 0 Å². The van der Waals surface area contributed by atoms with Gasteiger partial charge >= 0.3 is 0 Å². The number of nitrogens with zero attached hydrogens (tertiary/aromatic N) is 2. The smallest absolute Gasteiger partial charge is 0.288 e. The van der Waals surface area contributed by atoms with Crippen LogP contribution in [0.25, 0.3) is 0 Å². The fourth-order valence-corrected chi connectivity index (χ4v) is 3.44. The van der Waals surface area contributed by atoms with Gasteiger partial charge < -0.3 is 9.80 Å². The number of unbranched alkanes of at least 4 members (excludes halogenated alkanes) is 1. The van der Waals surface area contributed by atoms with E-state index >= 15 is 0 Å². The van der Waals surface area contributed by atoms with Gasteiger partial charge in [0, 0.05) is 37.9 Å². The summed E-state index contributed by atoms with van der Waals surface area (Å²) in [5, 5.41) is 0.0230. The lowest BCUT2D eigenvalue weighted by atomic mass is 10.2.